The van der Waals surface area contributed by atoms with Gasteiger partial charge in [0.15, 0.2) is 0 Å². The van der Waals surface area contributed by atoms with E-state index in [1.165, 1.54) is 17.8 Å². The predicted octanol–water partition coefficient (Wildman–Crippen LogP) is 2.80. The van der Waals surface area contributed by atoms with Gasteiger partial charge in [0.2, 0.25) is 5.91 Å². The van der Waals surface area contributed by atoms with Crippen molar-refractivity contribution in [2.75, 3.05) is 37.3 Å². The highest BCUT2D eigenvalue weighted by Crippen LogP contribution is 2.38. The summed E-state index contributed by atoms with van der Waals surface area (Å²) >= 11 is 1.49. The minimum absolute atomic E-state index is 0.0833. The second-order valence-electron chi connectivity index (χ2n) is 10.2. The van der Waals surface area contributed by atoms with E-state index < -0.39 is 5.82 Å². The third-order valence-electron chi connectivity index (χ3n) is 7.53. The van der Waals surface area contributed by atoms with Gasteiger partial charge in [0.05, 0.1) is 22.8 Å². The molecule has 0 aliphatic carbocycles. The number of fused-ring (bicyclic) bond motifs is 2. The Kier molecular flexibility index (Phi) is 6.68. The summed E-state index contributed by atoms with van der Waals surface area (Å²) in [7, 11) is 2.12. The van der Waals surface area contributed by atoms with Crippen LogP contribution in [0.4, 0.5) is 15.8 Å². The molecule has 3 aliphatic rings. The molecular weight excluding hydrogens is 505 g/mol. The van der Waals surface area contributed by atoms with Crippen LogP contribution in [0.15, 0.2) is 52.2 Å². The Labute approximate surface area is 224 Å². The van der Waals surface area contributed by atoms with Gasteiger partial charge in [-0.25, -0.2) is 19.9 Å². The molecule has 38 heavy (non-hydrogen) atoms. The van der Waals surface area contributed by atoms with Crippen molar-refractivity contribution in [3.05, 3.63) is 69.8 Å². The Morgan fingerprint density at radius 2 is 2.05 bits per heavy atom. The molecule has 1 aromatic heterocycles. The van der Waals surface area contributed by atoms with Crippen LogP contribution in [0.5, 0.6) is 0 Å². The van der Waals surface area contributed by atoms with Crippen molar-refractivity contribution in [2.24, 2.45) is 0 Å². The van der Waals surface area contributed by atoms with Crippen molar-refractivity contribution >= 4 is 29.0 Å². The van der Waals surface area contributed by atoms with Gasteiger partial charge in [0, 0.05) is 42.6 Å². The molecule has 1 amide bonds. The molecule has 0 spiro atoms. The molecule has 3 atom stereocenters. The number of carbonyl (C=O) groups excluding carboxylic acids is 1. The lowest BCUT2D eigenvalue weighted by Crippen LogP contribution is -2.52. The van der Waals surface area contributed by atoms with E-state index in [1.54, 1.807) is 19.1 Å². The quantitative estimate of drug-likeness (QED) is 0.396. The molecule has 11 heteroatoms. The van der Waals surface area contributed by atoms with Gasteiger partial charge in [-0.05, 0) is 55.8 Å². The molecule has 0 bridgehead atoms. The summed E-state index contributed by atoms with van der Waals surface area (Å²) in [6, 6.07) is 12.9. The zero-order valence-electron chi connectivity index (χ0n) is 21.3. The number of carbonyl (C=O) groups is 1. The number of amides is 1. The third kappa shape index (κ3) is 4.82. The van der Waals surface area contributed by atoms with Crippen molar-refractivity contribution in [3.8, 4) is 11.3 Å². The average Bonchev–Trinajstić information content (AvgIpc) is 3.51. The summed E-state index contributed by atoms with van der Waals surface area (Å²) in [5.41, 5.74) is 6.42. The Balaban J connectivity index is 1.21. The third-order valence-corrected chi connectivity index (χ3v) is 8.84. The molecule has 0 radical (unpaired) electrons. The van der Waals surface area contributed by atoms with Gasteiger partial charge < -0.3 is 15.5 Å². The first-order valence-electron chi connectivity index (χ1n) is 12.8. The number of rotatable bonds is 5. The topological polar surface area (TPSA) is 105 Å². The Hall–Kier alpha value is -3.25. The fourth-order valence-electron chi connectivity index (χ4n) is 5.48. The number of aromatic nitrogens is 2. The molecule has 0 saturated carbocycles. The number of hydrogen-bond acceptors (Lipinski definition) is 8. The monoisotopic (exact) mass is 535 g/mol. The van der Waals surface area contributed by atoms with E-state index in [-0.39, 0.29) is 28.6 Å². The van der Waals surface area contributed by atoms with E-state index >= 15 is 0 Å². The van der Waals surface area contributed by atoms with Gasteiger partial charge in [-0.1, -0.05) is 18.2 Å². The number of halogens is 1. The molecule has 198 valence electrons. The highest BCUT2D eigenvalue weighted by molar-refractivity contribution is 8.01. The molecule has 3 aromatic rings. The fraction of sp³-hybridized carbons (Fsp3) is 0.370. The molecule has 2 saturated heterocycles. The van der Waals surface area contributed by atoms with E-state index in [9.17, 15) is 14.0 Å². The highest BCUT2D eigenvalue weighted by atomic mass is 32.2. The maximum atomic E-state index is 14.9. The van der Waals surface area contributed by atoms with Gasteiger partial charge in [-0.2, -0.15) is 5.10 Å². The van der Waals surface area contributed by atoms with Crippen LogP contribution in [0.3, 0.4) is 0 Å². The number of nitrogens with zero attached hydrogens (tertiary/aromatic N) is 3. The molecule has 3 aliphatic heterocycles. The average molecular weight is 536 g/mol. The van der Waals surface area contributed by atoms with Crippen LogP contribution in [0, 0.1) is 12.7 Å². The molecule has 2 aromatic carbocycles. The van der Waals surface area contributed by atoms with E-state index in [0.717, 1.165) is 36.5 Å². The molecule has 6 rings (SSSR count). The summed E-state index contributed by atoms with van der Waals surface area (Å²) in [4.78, 5) is 29.1. The fourth-order valence-corrected chi connectivity index (χ4v) is 6.67. The van der Waals surface area contributed by atoms with Crippen LogP contribution in [-0.2, 0) is 11.2 Å². The first kappa shape index (κ1) is 25.1. The van der Waals surface area contributed by atoms with Crippen LogP contribution in [0.25, 0.3) is 11.3 Å². The van der Waals surface area contributed by atoms with Crippen molar-refractivity contribution in [1.82, 2.24) is 25.5 Å². The van der Waals surface area contributed by atoms with Crippen LogP contribution < -0.4 is 21.6 Å². The van der Waals surface area contributed by atoms with E-state index in [1.807, 2.05) is 24.3 Å². The lowest BCUT2D eigenvalue weighted by atomic mass is 10.0. The minimum Gasteiger partial charge on any atom is -0.364 e. The van der Waals surface area contributed by atoms with E-state index in [2.05, 4.69) is 43.2 Å². The van der Waals surface area contributed by atoms with Crippen molar-refractivity contribution in [3.63, 3.8) is 0 Å². The lowest BCUT2D eigenvalue weighted by Gasteiger charge is -2.34. The predicted molar refractivity (Wildman–Crippen MR) is 147 cm³/mol. The number of likely N-dealkylation sites (N-methyl/N-ethyl adjacent to an activating group) is 1. The lowest BCUT2D eigenvalue weighted by molar-refractivity contribution is -0.115. The number of aromatic amines is 1. The van der Waals surface area contributed by atoms with Gasteiger partial charge in [-0.15, -0.1) is 11.8 Å². The maximum Gasteiger partial charge on any atom is 0.287 e. The summed E-state index contributed by atoms with van der Waals surface area (Å²) in [5, 5.41) is 14.8. The Morgan fingerprint density at radius 1 is 1.21 bits per heavy atom. The normalized spacial score (nSPS) is 23.2. The molecule has 3 unspecified atom stereocenters. The number of H-pyrrole nitrogens is 1. The second kappa shape index (κ2) is 10.1. The largest absolute Gasteiger partial charge is 0.364 e. The summed E-state index contributed by atoms with van der Waals surface area (Å²) in [6.07, 6.45) is 1.38. The Morgan fingerprint density at radius 3 is 2.89 bits per heavy atom. The second-order valence-corrected chi connectivity index (χ2v) is 11.4. The molecule has 4 N–H and O–H groups in total. The number of benzene rings is 2. The first-order valence-corrected chi connectivity index (χ1v) is 13.7. The zero-order chi connectivity index (χ0) is 26.4. The van der Waals surface area contributed by atoms with Gasteiger partial charge in [-0.3, -0.25) is 9.59 Å². The van der Waals surface area contributed by atoms with Crippen LogP contribution >= 0.6 is 11.8 Å². The number of nitrogens with one attached hydrogen (secondary N) is 4. The summed E-state index contributed by atoms with van der Waals surface area (Å²) in [6.45, 7) is 4.63. The molecular formula is C27H30FN7O2S. The maximum absolute atomic E-state index is 14.9. The first-order chi connectivity index (χ1) is 18.4. The van der Waals surface area contributed by atoms with Crippen molar-refractivity contribution in [1.29, 1.82) is 0 Å². The van der Waals surface area contributed by atoms with Crippen LogP contribution in [0.2, 0.25) is 0 Å². The van der Waals surface area contributed by atoms with E-state index in [0.29, 0.717) is 35.0 Å². The number of anilines is 2. The van der Waals surface area contributed by atoms with Gasteiger partial charge >= 0.3 is 0 Å². The van der Waals surface area contributed by atoms with Gasteiger partial charge in [0.1, 0.15) is 11.5 Å². The van der Waals surface area contributed by atoms with Crippen molar-refractivity contribution in [2.45, 2.75) is 42.1 Å². The smallest absolute Gasteiger partial charge is 0.287 e. The Bertz CT molecular complexity index is 1420. The molecule has 4 heterocycles. The van der Waals surface area contributed by atoms with Crippen LogP contribution in [0.1, 0.15) is 17.5 Å². The van der Waals surface area contributed by atoms with Crippen molar-refractivity contribution < 1.29 is 9.18 Å². The number of thioether (sulfide) groups is 1. The highest BCUT2D eigenvalue weighted by Gasteiger charge is 2.35. The number of hydrogen-bond donors (Lipinski definition) is 4. The SMILES string of the molecule is Cc1c(-c2cc(NC3CC4CN(C)CCN4N3)c(=O)[nH]n2)ccc(F)c1NC(=O)C1Cc2ccccc2S1. The number of hydrazine groups is 1. The summed E-state index contributed by atoms with van der Waals surface area (Å²) < 4.78 is 14.9. The van der Waals surface area contributed by atoms with E-state index in [4.69, 9.17) is 0 Å². The van der Waals surface area contributed by atoms with Crippen LogP contribution in [-0.4, -0.2) is 70.2 Å². The standard InChI is InChI=1S/C27H30FN7O2S/c1-15-18(7-8-19(28)25(15)30-27(37)23-11-16-5-3-4-6-22(16)38-23)20-13-21(26(36)32-31-20)29-24-12-17-14-34(2)9-10-35(17)33-24/h3-8,13,17,23-24,33H,9-12,14H2,1-2H3,(H,29,31)(H,30,37)(H,32,36). The number of piperazine rings is 1. The molecule has 9 nitrogen and oxygen atoms in total. The van der Waals surface area contributed by atoms with Gasteiger partial charge in [0.25, 0.3) is 5.56 Å². The minimum atomic E-state index is -0.514. The summed E-state index contributed by atoms with van der Waals surface area (Å²) in [5.74, 6) is -0.754. The zero-order valence-corrected chi connectivity index (χ0v) is 22.1. The molecule has 2 fully saturated rings.